The van der Waals surface area contributed by atoms with Crippen LogP contribution in [0.4, 0.5) is 0 Å². The van der Waals surface area contributed by atoms with Crippen molar-refractivity contribution in [3.05, 3.63) is 54.3 Å². The van der Waals surface area contributed by atoms with E-state index in [4.69, 9.17) is 8.83 Å². The van der Waals surface area contributed by atoms with Gasteiger partial charge in [-0.05, 0) is 24.1 Å². The molecule has 0 aliphatic heterocycles. The summed E-state index contributed by atoms with van der Waals surface area (Å²) < 4.78 is 10.7. The summed E-state index contributed by atoms with van der Waals surface area (Å²) in [6, 6.07) is 13.5. The van der Waals surface area contributed by atoms with Crippen molar-refractivity contribution in [3.8, 4) is 11.7 Å². The molecule has 0 fully saturated rings. The summed E-state index contributed by atoms with van der Waals surface area (Å²) in [5, 5.41) is 11.2. The number of carbonyl (C=O) groups is 1. The SMILES string of the molecule is CCC[C@H](NC(=O)CSc1nnc(-c2ccco2)o1)c1ccccc1. The molecule has 2 aromatic heterocycles. The van der Waals surface area contributed by atoms with Crippen molar-refractivity contribution in [1.82, 2.24) is 15.5 Å². The Balaban J connectivity index is 1.55. The lowest BCUT2D eigenvalue weighted by molar-refractivity contribution is -0.119. The summed E-state index contributed by atoms with van der Waals surface area (Å²) in [7, 11) is 0. The summed E-state index contributed by atoms with van der Waals surface area (Å²) in [5.74, 6) is 0.967. The molecule has 0 unspecified atom stereocenters. The third-order valence-corrected chi connectivity index (χ3v) is 4.40. The highest BCUT2D eigenvalue weighted by Crippen LogP contribution is 2.24. The standard InChI is InChI=1S/C18H19N3O3S/c1-2-7-14(13-8-4-3-5-9-13)19-16(22)12-25-18-21-20-17(24-18)15-10-6-11-23-15/h3-6,8-11,14H,2,7,12H2,1H3,(H,19,22)/t14-/m0/s1. The molecule has 7 heteroatoms. The van der Waals surface area contributed by atoms with Gasteiger partial charge in [-0.2, -0.15) is 0 Å². The number of furan rings is 1. The topological polar surface area (TPSA) is 81.2 Å². The van der Waals surface area contributed by atoms with E-state index in [9.17, 15) is 4.79 Å². The number of thioether (sulfide) groups is 1. The quantitative estimate of drug-likeness (QED) is 0.612. The summed E-state index contributed by atoms with van der Waals surface area (Å²) in [6.45, 7) is 2.10. The highest BCUT2D eigenvalue weighted by molar-refractivity contribution is 7.99. The van der Waals surface area contributed by atoms with Crippen molar-refractivity contribution in [3.63, 3.8) is 0 Å². The Morgan fingerprint density at radius 1 is 1.20 bits per heavy atom. The second-order valence-electron chi connectivity index (χ2n) is 5.46. The van der Waals surface area contributed by atoms with Gasteiger partial charge in [0.25, 0.3) is 11.1 Å². The minimum Gasteiger partial charge on any atom is -0.459 e. The van der Waals surface area contributed by atoms with E-state index in [2.05, 4.69) is 22.4 Å². The van der Waals surface area contributed by atoms with E-state index in [0.29, 0.717) is 16.9 Å². The maximum atomic E-state index is 12.3. The second kappa shape index (κ2) is 8.53. The fraction of sp³-hybridized carbons (Fsp3) is 0.278. The molecular weight excluding hydrogens is 338 g/mol. The normalized spacial score (nSPS) is 12.0. The molecule has 130 valence electrons. The molecule has 1 atom stereocenters. The molecule has 0 aliphatic carbocycles. The molecule has 3 rings (SSSR count). The lowest BCUT2D eigenvalue weighted by Gasteiger charge is -2.18. The first-order valence-corrected chi connectivity index (χ1v) is 9.09. The van der Waals surface area contributed by atoms with Crippen LogP contribution in [0, 0.1) is 0 Å². The third kappa shape index (κ3) is 4.73. The molecule has 3 aromatic rings. The number of amides is 1. The van der Waals surface area contributed by atoms with E-state index in [1.165, 1.54) is 18.0 Å². The van der Waals surface area contributed by atoms with Crippen LogP contribution in [-0.4, -0.2) is 21.9 Å². The lowest BCUT2D eigenvalue weighted by Crippen LogP contribution is -2.29. The van der Waals surface area contributed by atoms with Gasteiger partial charge in [-0.25, -0.2) is 0 Å². The Morgan fingerprint density at radius 2 is 2.04 bits per heavy atom. The average Bonchev–Trinajstić information content (AvgIpc) is 3.32. The molecule has 2 heterocycles. The van der Waals surface area contributed by atoms with E-state index in [-0.39, 0.29) is 17.7 Å². The van der Waals surface area contributed by atoms with Crippen LogP contribution >= 0.6 is 11.8 Å². The summed E-state index contributed by atoms with van der Waals surface area (Å²) in [4.78, 5) is 12.3. The van der Waals surface area contributed by atoms with Crippen molar-refractivity contribution in [2.75, 3.05) is 5.75 Å². The summed E-state index contributed by atoms with van der Waals surface area (Å²) >= 11 is 1.21. The molecule has 0 saturated heterocycles. The highest BCUT2D eigenvalue weighted by atomic mass is 32.2. The van der Waals surface area contributed by atoms with Crippen molar-refractivity contribution in [2.45, 2.75) is 31.0 Å². The molecule has 0 saturated carbocycles. The predicted molar refractivity (Wildman–Crippen MR) is 95.0 cm³/mol. The van der Waals surface area contributed by atoms with E-state index in [0.717, 1.165) is 18.4 Å². The zero-order chi connectivity index (χ0) is 17.5. The van der Waals surface area contributed by atoms with E-state index in [1.807, 2.05) is 30.3 Å². The fourth-order valence-electron chi connectivity index (χ4n) is 2.43. The van der Waals surface area contributed by atoms with E-state index < -0.39 is 0 Å². The van der Waals surface area contributed by atoms with Crippen LogP contribution in [0.25, 0.3) is 11.7 Å². The number of nitrogens with zero attached hydrogens (tertiary/aromatic N) is 2. The summed E-state index contributed by atoms with van der Waals surface area (Å²) in [6.07, 6.45) is 3.42. The molecule has 0 bridgehead atoms. The second-order valence-corrected chi connectivity index (χ2v) is 6.39. The number of carbonyl (C=O) groups excluding carboxylic acids is 1. The first-order chi connectivity index (χ1) is 12.3. The minimum atomic E-state index is -0.0648. The highest BCUT2D eigenvalue weighted by Gasteiger charge is 2.16. The Kier molecular flexibility index (Phi) is 5.90. The first kappa shape index (κ1) is 17.3. The Hall–Kier alpha value is -2.54. The van der Waals surface area contributed by atoms with Gasteiger partial charge in [0.05, 0.1) is 18.1 Å². The Morgan fingerprint density at radius 3 is 2.76 bits per heavy atom. The van der Waals surface area contributed by atoms with Crippen LogP contribution in [0.5, 0.6) is 0 Å². The van der Waals surface area contributed by atoms with Crippen molar-refractivity contribution >= 4 is 17.7 Å². The lowest BCUT2D eigenvalue weighted by atomic mass is 10.0. The van der Waals surface area contributed by atoms with Gasteiger partial charge in [0, 0.05) is 0 Å². The van der Waals surface area contributed by atoms with Gasteiger partial charge in [0.1, 0.15) is 0 Å². The van der Waals surface area contributed by atoms with Crippen LogP contribution in [0.1, 0.15) is 31.4 Å². The van der Waals surface area contributed by atoms with Crippen LogP contribution < -0.4 is 5.32 Å². The van der Waals surface area contributed by atoms with Crippen molar-refractivity contribution < 1.29 is 13.6 Å². The maximum Gasteiger partial charge on any atom is 0.284 e. The molecular formula is C18H19N3O3S. The van der Waals surface area contributed by atoms with Crippen LogP contribution in [-0.2, 0) is 4.79 Å². The molecule has 0 aliphatic rings. The zero-order valence-corrected chi connectivity index (χ0v) is 14.7. The number of hydrogen-bond donors (Lipinski definition) is 1. The number of benzene rings is 1. The van der Waals surface area contributed by atoms with Gasteiger partial charge in [0.2, 0.25) is 5.91 Å². The number of aromatic nitrogens is 2. The van der Waals surface area contributed by atoms with Gasteiger partial charge in [-0.15, -0.1) is 10.2 Å². The van der Waals surface area contributed by atoms with E-state index in [1.54, 1.807) is 12.1 Å². The monoisotopic (exact) mass is 357 g/mol. The number of nitrogens with one attached hydrogen (secondary N) is 1. The maximum absolute atomic E-state index is 12.3. The Labute approximate surface area is 150 Å². The van der Waals surface area contributed by atoms with Gasteiger partial charge in [-0.3, -0.25) is 4.79 Å². The van der Waals surface area contributed by atoms with Gasteiger partial charge in [0.15, 0.2) is 5.76 Å². The zero-order valence-electron chi connectivity index (χ0n) is 13.8. The summed E-state index contributed by atoms with van der Waals surface area (Å²) in [5.41, 5.74) is 1.11. The van der Waals surface area contributed by atoms with Crippen LogP contribution in [0.3, 0.4) is 0 Å². The molecule has 25 heavy (non-hydrogen) atoms. The number of rotatable bonds is 8. The van der Waals surface area contributed by atoms with E-state index >= 15 is 0 Å². The molecule has 1 N–H and O–H groups in total. The molecule has 1 amide bonds. The molecule has 0 radical (unpaired) electrons. The van der Waals surface area contributed by atoms with Gasteiger partial charge >= 0.3 is 0 Å². The van der Waals surface area contributed by atoms with Gasteiger partial charge in [-0.1, -0.05) is 55.4 Å². The minimum absolute atomic E-state index is 0.0145. The predicted octanol–water partition coefficient (Wildman–Crippen LogP) is 4.08. The first-order valence-electron chi connectivity index (χ1n) is 8.10. The molecule has 0 spiro atoms. The molecule has 6 nitrogen and oxygen atoms in total. The fourth-order valence-corrected chi connectivity index (χ4v) is 3.00. The largest absolute Gasteiger partial charge is 0.459 e. The van der Waals surface area contributed by atoms with Crippen LogP contribution in [0.2, 0.25) is 0 Å². The number of hydrogen-bond acceptors (Lipinski definition) is 6. The van der Waals surface area contributed by atoms with Gasteiger partial charge < -0.3 is 14.2 Å². The average molecular weight is 357 g/mol. The van der Waals surface area contributed by atoms with Crippen LogP contribution in [0.15, 0.2) is 62.8 Å². The van der Waals surface area contributed by atoms with Crippen molar-refractivity contribution in [1.29, 1.82) is 0 Å². The Bertz CT molecular complexity index is 787. The third-order valence-electron chi connectivity index (χ3n) is 3.58. The van der Waals surface area contributed by atoms with Crippen molar-refractivity contribution in [2.24, 2.45) is 0 Å². The molecule has 1 aromatic carbocycles. The smallest absolute Gasteiger partial charge is 0.284 e.